The van der Waals surface area contributed by atoms with Crippen molar-refractivity contribution in [1.29, 1.82) is 0 Å². The van der Waals surface area contributed by atoms with Crippen LogP contribution in [0.3, 0.4) is 0 Å². The zero-order chi connectivity index (χ0) is 52.0. The predicted molar refractivity (Wildman–Crippen MR) is 201 cm³/mol. The van der Waals surface area contributed by atoms with Crippen LogP contribution in [0.25, 0.3) is 22.3 Å². The first kappa shape index (κ1) is 59.8. The van der Waals surface area contributed by atoms with Gasteiger partial charge in [0.05, 0.1) is 6.61 Å². The van der Waals surface area contributed by atoms with Crippen molar-refractivity contribution in [3.05, 3.63) is 133 Å². The Hall–Kier alpha value is -4.18. The van der Waals surface area contributed by atoms with Gasteiger partial charge in [-0.25, -0.2) is 18.3 Å². The first-order valence-electron chi connectivity index (χ1n) is 17.4. The molecule has 1 N–H and O–H groups in total. The van der Waals surface area contributed by atoms with Crippen molar-refractivity contribution in [1.82, 2.24) is 0 Å². The summed E-state index contributed by atoms with van der Waals surface area (Å²) >= 11 is 0. The minimum absolute atomic E-state index is 0.0333. The van der Waals surface area contributed by atoms with Gasteiger partial charge >= 0.3 is 132 Å². The number of halogens is 24. The van der Waals surface area contributed by atoms with E-state index in [0.29, 0.717) is 0 Å². The van der Waals surface area contributed by atoms with Crippen LogP contribution in [0.4, 0.5) is 101 Å². The van der Waals surface area contributed by atoms with Crippen molar-refractivity contribution < 1.29 is 124 Å². The average Bonchev–Trinajstić information content (AvgIpc) is 3.07. The monoisotopic (exact) mass is 1080 g/mol. The number of aliphatic hydroxyl groups excluding tert-OH is 1. The molecule has 66 heavy (non-hydrogen) atoms. The Morgan fingerprint density at radius 2 is 0.485 bits per heavy atom. The van der Waals surface area contributed by atoms with Crippen LogP contribution in [-0.4, -0.2) is 5.11 Å². The fourth-order valence-corrected chi connectivity index (χ4v) is 4.77. The molecule has 0 spiro atoms. The van der Waals surface area contributed by atoms with E-state index in [4.69, 9.17) is 0 Å². The summed E-state index contributed by atoms with van der Waals surface area (Å²) in [5.41, 5.74) is 8.13. The Kier molecular flexibility index (Phi) is 15.5. The Bertz CT molecular complexity index is 2130. The van der Waals surface area contributed by atoms with E-state index in [2.05, 4.69) is 148 Å². The SMILES string of the molecule is CC[n+]1ccc(-c2cc[n+](Cc3cc(CO)cc(C[n+]4ccc(-c5cc[n+](CC)cc5)cc4)c3)cc2)cc1.F[P-](F)(F)(F)(F)F.F[P-](F)(F)(F)(F)F.F[P-](F)(F)(F)(F)F.F[P-](F)(F)(F)(F)F. The molecule has 0 aliphatic carbocycles. The molecule has 33 heteroatoms. The van der Waals surface area contributed by atoms with E-state index in [-0.39, 0.29) is 6.61 Å². The van der Waals surface area contributed by atoms with Crippen LogP contribution >= 0.6 is 31.2 Å². The van der Waals surface area contributed by atoms with Gasteiger partial charge in [0, 0.05) is 59.7 Å². The van der Waals surface area contributed by atoms with Crippen molar-refractivity contribution >= 4 is 31.2 Å². The summed E-state index contributed by atoms with van der Waals surface area (Å²) in [7, 11) is -42.6. The summed E-state index contributed by atoms with van der Waals surface area (Å²) in [5, 5.41) is 9.90. The van der Waals surface area contributed by atoms with Crippen LogP contribution in [0, 0.1) is 0 Å². The Morgan fingerprint density at radius 1 is 0.318 bits per heavy atom. The molecule has 0 saturated carbocycles. The molecule has 0 aliphatic heterocycles. The van der Waals surface area contributed by atoms with Crippen molar-refractivity contribution in [2.75, 3.05) is 0 Å². The van der Waals surface area contributed by atoms with Gasteiger partial charge in [0.25, 0.3) is 0 Å². The fraction of sp³-hybridized carbons (Fsp3) is 0.212. The molecule has 0 unspecified atom stereocenters. The minimum atomic E-state index is -10.7. The molecular weight excluding hydrogens is 1050 g/mol. The van der Waals surface area contributed by atoms with Crippen LogP contribution in [0.15, 0.2) is 116 Å². The molecule has 5 nitrogen and oxygen atoms in total. The molecule has 0 radical (unpaired) electrons. The van der Waals surface area contributed by atoms with Gasteiger partial charge in [0.1, 0.15) is 13.1 Å². The number of rotatable bonds is 9. The van der Waals surface area contributed by atoms with Crippen LogP contribution in [0.5, 0.6) is 0 Å². The molecule has 0 bridgehead atoms. The maximum atomic E-state index is 9.90. The number of hydrogen-bond acceptors (Lipinski definition) is 1. The van der Waals surface area contributed by atoms with E-state index in [1.807, 2.05) is 0 Å². The number of aromatic nitrogens is 4. The number of nitrogens with zero attached hydrogens (tertiary/aromatic N) is 4. The molecule has 0 amide bonds. The van der Waals surface area contributed by atoms with Gasteiger partial charge in [-0.3, -0.25) is 0 Å². The van der Waals surface area contributed by atoms with Crippen LogP contribution < -0.4 is 18.3 Å². The third-order valence-corrected chi connectivity index (χ3v) is 6.99. The van der Waals surface area contributed by atoms with Gasteiger partial charge in [-0.05, 0) is 59.9 Å². The van der Waals surface area contributed by atoms with E-state index in [1.165, 1.54) is 33.4 Å². The second-order valence-electron chi connectivity index (χ2n) is 13.5. The number of aryl methyl sites for hydroxylation is 2. The van der Waals surface area contributed by atoms with E-state index >= 15 is 0 Å². The molecule has 0 saturated heterocycles. The standard InChI is InChI=1S/C33H36N4O.4F6P/c1-3-34-13-5-30(6-14-34)32-9-17-36(18-10-32)24-27-21-28(23-29(22-27)26-38)25-37-19-11-33(12-20-37)31-7-15-35(4-2)16-8-31;4*1-7(2,3,4,5)6/h5-23,38H,3-4,24-26H2,1-2H3;;;;/q+4;4*-1. The van der Waals surface area contributed by atoms with Gasteiger partial charge < -0.3 is 5.11 Å². The Labute approximate surface area is 357 Å². The molecule has 0 aliphatic rings. The van der Waals surface area contributed by atoms with Gasteiger partial charge in [-0.1, -0.05) is 0 Å². The summed E-state index contributed by atoms with van der Waals surface area (Å²) in [5.74, 6) is 0. The summed E-state index contributed by atoms with van der Waals surface area (Å²) in [6, 6.07) is 23.7. The molecular formula is C33H36F24N4OP4. The van der Waals surface area contributed by atoms with E-state index < -0.39 is 31.2 Å². The van der Waals surface area contributed by atoms with Crippen LogP contribution in [-0.2, 0) is 32.8 Å². The average molecular weight is 1080 g/mol. The van der Waals surface area contributed by atoms with Crippen LogP contribution in [0.2, 0.25) is 0 Å². The third-order valence-electron chi connectivity index (χ3n) is 6.99. The normalized spacial score (nSPS) is 16.2. The second-order valence-corrected chi connectivity index (χ2v) is 21.2. The number of benzene rings is 1. The molecule has 5 rings (SSSR count). The van der Waals surface area contributed by atoms with E-state index in [0.717, 1.165) is 31.7 Å². The molecule has 1 aromatic carbocycles. The van der Waals surface area contributed by atoms with Gasteiger partial charge in [0.2, 0.25) is 0 Å². The summed E-state index contributed by atoms with van der Waals surface area (Å²) in [6.07, 6.45) is 17.0. The van der Waals surface area contributed by atoms with Gasteiger partial charge in [0.15, 0.2) is 62.7 Å². The van der Waals surface area contributed by atoms with Crippen molar-refractivity contribution in [3.63, 3.8) is 0 Å². The summed E-state index contributed by atoms with van der Waals surface area (Å²) in [4.78, 5) is 0. The predicted octanol–water partition coefficient (Wildman–Crippen LogP) is 17.3. The van der Waals surface area contributed by atoms with Gasteiger partial charge in [-0.2, -0.15) is 0 Å². The molecule has 4 aromatic heterocycles. The van der Waals surface area contributed by atoms with Crippen LogP contribution in [0.1, 0.15) is 30.5 Å². The number of aliphatic hydroxyl groups is 1. The molecule has 4 heterocycles. The first-order chi connectivity index (χ1) is 28.4. The Balaban J connectivity index is 0.000000629. The first-order valence-corrected chi connectivity index (χ1v) is 25.5. The zero-order valence-corrected chi connectivity index (χ0v) is 36.7. The summed E-state index contributed by atoms with van der Waals surface area (Å²) in [6.45, 7) is 7.77. The molecule has 382 valence electrons. The topological polar surface area (TPSA) is 35.8 Å². The summed E-state index contributed by atoms with van der Waals surface area (Å²) < 4.78 is 245. The van der Waals surface area contributed by atoms with E-state index in [1.54, 1.807) is 0 Å². The van der Waals surface area contributed by atoms with Crippen molar-refractivity contribution in [2.45, 2.75) is 46.6 Å². The number of pyridine rings is 4. The quantitative estimate of drug-likeness (QED) is 0.0891. The molecule has 0 atom stereocenters. The van der Waals surface area contributed by atoms with E-state index in [9.17, 15) is 106 Å². The zero-order valence-electron chi connectivity index (χ0n) is 33.1. The third kappa shape index (κ3) is 42.5. The maximum absolute atomic E-state index is 10.7. The number of hydrogen-bond donors (Lipinski definition) is 1. The van der Waals surface area contributed by atoms with Crippen molar-refractivity contribution in [2.24, 2.45) is 0 Å². The molecule has 0 fully saturated rings. The molecule has 5 aromatic rings. The fourth-order valence-electron chi connectivity index (χ4n) is 4.77. The van der Waals surface area contributed by atoms with Crippen molar-refractivity contribution in [3.8, 4) is 22.3 Å². The second kappa shape index (κ2) is 17.1. The van der Waals surface area contributed by atoms with Gasteiger partial charge in [-0.15, -0.1) is 0 Å². The Morgan fingerprint density at radius 3 is 0.652 bits per heavy atom.